The minimum atomic E-state index is -0.986. The topological polar surface area (TPSA) is 60.8 Å². The SMILES string of the molecule is CCOC(O)/C=C/c1ccc(OCc2cccnc2)cc1Oc1cccc(Cl)c1. The Labute approximate surface area is 175 Å². The van der Waals surface area contributed by atoms with Crippen molar-refractivity contribution in [1.82, 2.24) is 4.98 Å². The van der Waals surface area contributed by atoms with Crippen LogP contribution in [0.15, 0.2) is 73.1 Å². The summed E-state index contributed by atoms with van der Waals surface area (Å²) in [7, 11) is 0. The first-order valence-electron chi connectivity index (χ1n) is 9.21. The smallest absolute Gasteiger partial charge is 0.174 e. The Morgan fingerprint density at radius 2 is 2.00 bits per heavy atom. The molecule has 2 aromatic carbocycles. The fourth-order valence-electron chi connectivity index (χ4n) is 2.55. The number of aliphatic hydroxyl groups is 1. The van der Waals surface area contributed by atoms with Crippen LogP contribution in [0.5, 0.6) is 17.2 Å². The Bertz CT molecular complexity index is 947. The van der Waals surface area contributed by atoms with E-state index in [1.165, 1.54) is 0 Å². The van der Waals surface area contributed by atoms with Crippen LogP contribution in [0.25, 0.3) is 6.08 Å². The Balaban J connectivity index is 1.82. The van der Waals surface area contributed by atoms with Crippen molar-refractivity contribution in [2.75, 3.05) is 6.61 Å². The molecule has 0 spiro atoms. The lowest BCUT2D eigenvalue weighted by Crippen LogP contribution is -2.07. The van der Waals surface area contributed by atoms with Crippen LogP contribution in [0, 0.1) is 0 Å². The summed E-state index contributed by atoms with van der Waals surface area (Å²) >= 11 is 6.06. The zero-order chi connectivity index (χ0) is 20.5. The largest absolute Gasteiger partial charge is 0.489 e. The van der Waals surface area contributed by atoms with Gasteiger partial charge in [0.05, 0.1) is 0 Å². The third-order valence-corrected chi connectivity index (χ3v) is 4.15. The van der Waals surface area contributed by atoms with Crippen molar-refractivity contribution in [3.8, 4) is 17.2 Å². The van der Waals surface area contributed by atoms with E-state index in [1.807, 2.05) is 43.3 Å². The Hall–Kier alpha value is -2.86. The maximum Gasteiger partial charge on any atom is 0.174 e. The molecule has 29 heavy (non-hydrogen) atoms. The molecule has 0 bridgehead atoms. The highest BCUT2D eigenvalue weighted by molar-refractivity contribution is 6.30. The molecule has 150 valence electrons. The molecular weight excluding hydrogens is 390 g/mol. The van der Waals surface area contributed by atoms with E-state index in [1.54, 1.807) is 42.7 Å². The summed E-state index contributed by atoms with van der Waals surface area (Å²) in [5.41, 5.74) is 1.73. The quantitative estimate of drug-likeness (QED) is 0.473. The summed E-state index contributed by atoms with van der Waals surface area (Å²) < 4.78 is 17.0. The molecule has 0 aliphatic carbocycles. The number of hydrogen-bond donors (Lipinski definition) is 1. The van der Waals surface area contributed by atoms with Crippen LogP contribution in [0.4, 0.5) is 0 Å². The lowest BCUT2D eigenvalue weighted by Gasteiger charge is -2.13. The van der Waals surface area contributed by atoms with E-state index in [-0.39, 0.29) is 0 Å². The predicted octanol–water partition coefficient (Wildman–Crippen LogP) is 5.47. The molecule has 0 fully saturated rings. The van der Waals surface area contributed by atoms with E-state index in [0.717, 1.165) is 11.1 Å². The van der Waals surface area contributed by atoms with Crippen molar-refractivity contribution in [1.29, 1.82) is 0 Å². The fraction of sp³-hybridized carbons (Fsp3) is 0.174. The summed E-state index contributed by atoms with van der Waals surface area (Å²) in [6, 6.07) is 16.4. The standard InChI is InChI=1S/C23H22ClNO4/c1-2-27-23(26)11-9-18-8-10-20(28-16-17-5-4-12-25-15-17)14-22(18)29-21-7-3-6-19(24)13-21/h3-15,23,26H,2,16H2,1H3/b11-9+. The lowest BCUT2D eigenvalue weighted by atomic mass is 10.1. The number of benzene rings is 2. The van der Waals surface area contributed by atoms with Crippen LogP contribution in [0.2, 0.25) is 5.02 Å². The summed E-state index contributed by atoms with van der Waals surface area (Å²) in [4.78, 5) is 4.09. The van der Waals surface area contributed by atoms with E-state index < -0.39 is 6.29 Å². The lowest BCUT2D eigenvalue weighted by molar-refractivity contribution is -0.0581. The molecule has 5 nitrogen and oxygen atoms in total. The van der Waals surface area contributed by atoms with Crippen molar-refractivity contribution in [3.63, 3.8) is 0 Å². The van der Waals surface area contributed by atoms with Gasteiger partial charge in [0, 0.05) is 41.2 Å². The maximum atomic E-state index is 9.79. The second kappa shape index (κ2) is 10.6. The summed E-state index contributed by atoms with van der Waals surface area (Å²) in [6.07, 6.45) is 5.79. The Morgan fingerprint density at radius 3 is 2.76 bits per heavy atom. The molecule has 0 aliphatic rings. The number of aromatic nitrogens is 1. The first-order chi connectivity index (χ1) is 14.1. The molecule has 1 N–H and O–H groups in total. The van der Waals surface area contributed by atoms with Crippen molar-refractivity contribution < 1.29 is 19.3 Å². The molecule has 1 aromatic heterocycles. The number of ether oxygens (including phenoxy) is 3. The van der Waals surface area contributed by atoms with Crippen molar-refractivity contribution in [2.24, 2.45) is 0 Å². The molecule has 0 amide bonds. The van der Waals surface area contributed by atoms with E-state index >= 15 is 0 Å². The van der Waals surface area contributed by atoms with Gasteiger partial charge in [-0.25, -0.2) is 0 Å². The number of rotatable bonds is 9. The second-order valence-corrected chi connectivity index (χ2v) is 6.55. The van der Waals surface area contributed by atoms with E-state index in [4.69, 9.17) is 25.8 Å². The van der Waals surface area contributed by atoms with Gasteiger partial charge in [0.1, 0.15) is 23.9 Å². The highest BCUT2D eigenvalue weighted by Gasteiger charge is 2.08. The molecule has 0 saturated heterocycles. The molecule has 6 heteroatoms. The molecular formula is C23H22ClNO4. The molecule has 1 heterocycles. The van der Waals surface area contributed by atoms with Gasteiger partial charge in [0.2, 0.25) is 0 Å². The molecule has 0 radical (unpaired) electrons. The minimum Gasteiger partial charge on any atom is -0.489 e. The van der Waals surface area contributed by atoms with Crippen LogP contribution < -0.4 is 9.47 Å². The third kappa shape index (κ3) is 6.61. The summed E-state index contributed by atoms with van der Waals surface area (Å²) in [5, 5.41) is 10.4. The van der Waals surface area contributed by atoms with Crippen LogP contribution in [-0.2, 0) is 11.3 Å². The fourth-order valence-corrected chi connectivity index (χ4v) is 2.73. The zero-order valence-electron chi connectivity index (χ0n) is 16.0. The average molecular weight is 412 g/mol. The summed E-state index contributed by atoms with van der Waals surface area (Å²) in [6.45, 7) is 2.63. The van der Waals surface area contributed by atoms with E-state index in [9.17, 15) is 5.11 Å². The molecule has 0 aliphatic heterocycles. The van der Waals surface area contributed by atoms with Gasteiger partial charge in [-0.05, 0) is 49.4 Å². The monoisotopic (exact) mass is 411 g/mol. The first-order valence-corrected chi connectivity index (χ1v) is 9.59. The molecule has 3 aromatic rings. The van der Waals surface area contributed by atoms with Gasteiger partial charge in [-0.1, -0.05) is 29.8 Å². The third-order valence-electron chi connectivity index (χ3n) is 3.92. The van der Waals surface area contributed by atoms with Crippen LogP contribution in [-0.4, -0.2) is 23.0 Å². The normalized spacial score (nSPS) is 12.1. The van der Waals surface area contributed by atoms with Crippen molar-refractivity contribution in [2.45, 2.75) is 19.8 Å². The van der Waals surface area contributed by atoms with Gasteiger partial charge in [-0.3, -0.25) is 4.98 Å². The van der Waals surface area contributed by atoms with Crippen molar-refractivity contribution >= 4 is 17.7 Å². The number of halogens is 1. The van der Waals surface area contributed by atoms with Gasteiger partial charge in [-0.15, -0.1) is 0 Å². The number of nitrogens with zero attached hydrogens (tertiary/aromatic N) is 1. The molecule has 0 saturated carbocycles. The number of hydrogen-bond acceptors (Lipinski definition) is 5. The Morgan fingerprint density at radius 1 is 1.10 bits per heavy atom. The molecule has 1 unspecified atom stereocenters. The van der Waals surface area contributed by atoms with Crippen LogP contribution >= 0.6 is 11.6 Å². The number of aliphatic hydroxyl groups excluding tert-OH is 1. The maximum absolute atomic E-state index is 9.79. The van der Waals surface area contributed by atoms with Crippen molar-refractivity contribution in [3.05, 3.63) is 89.2 Å². The van der Waals surface area contributed by atoms with Gasteiger partial charge in [-0.2, -0.15) is 0 Å². The molecule has 3 rings (SSSR count). The zero-order valence-corrected chi connectivity index (χ0v) is 16.8. The van der Waals surface area contributed by atoms with E-state index in [0.29, 0.717) is 35.5 Å². The average Bonchev–Trinajstić information content (AvgIpc) is 2.72. The van der Waals surface area contributed by atoms with Crippen LogP contribution in [0.1, 0.15) is 18.1 Å². The number of pyridine rings is 1. The highest BCUT2D eigenvalue weighted by atomic mass is 35.5. The Kier molecular flexibility index (Phi) is 7.64. The van der Waals surface area contributed by atoms with Gasteiger partial charge >= 0.3 is 0 Å². The van der Waals surface area contributed by atoms with Gasteiger partial charge in [0.15, 0.2) is 6.29 Å². The van der Waals surface area contributed by atoms with Crippen LogP contribution in [0.3, 0.4) is 0 Å². The first kappa shape index (κ1) is 20.9. The summed E-state index contributed by atoms with van der Waals surface area (Å²) in [5.74, 6) is 1.81. The van der Waals surface area contributed by atoms with Gasteiger partial charge in [0.25, 0.3) is 0 Å². The molecule has 1 atom stereocenters. The van der Waals surface area contributed by atoms with E-state index in [2.05, 4.69) is 4.98 Å². The highest BCUT2D eigenvalue weighted by Crippen LogP contribution is 2.32. The van der Waals surface area contributed by atoms with Gasteiger partial charge < -0.3 is 19.3 Å². The predicted molar refractivity (Wildman–Crippen MR) is 113 cm³/mol. The minimum absolute atomic E-state index is 0.392. The second-order valence-electron chi connectivity index (χ2n) is 6.11.